The lowest BCUT2D eigenvalue weighted by molar-refractivity contribution is -0.133. The summed E-state index contributed by atoms with van der Waals surface area (Å²) in [5, 5.41) is 8.49. The molecule has 0 bridgehead atoms. The highest BCUT2D eigenvalue weighted by atomic mass is 16.6. The van der Waals surface area contributed by atoms with Crippen molar-refractivity contribution >= 4 is 17.3 Å². The first-order valence-electron chi connectivity index (χ1n) is 9.71. The van der Waals surface area contributed by atoms with Gasteiger partial charge in [-0.15, -0.1) is 0 Å². The van der Waals surface area contributed by atoms with Crippen molar-refractivity contribution in [3.05, 3.63) is 84.1 Å². The molecule has 0 unspecified atom stereocenters. The van der Waals surface area contributed by atoms with Gasteiger partial charge < -0.3 is 19.0 Å². The van der Waals surface area contributed by atoms with E-state index in [0.717, 1.165) is 16.9 Å². The first kappa shape index (κ1) is 22.5. The second kappa shape index (κ2) is 11.3. The van der Waals surface area contributed by atoms with Crippen molar-refractivity contribution in [1.82, 2.24) is 14.8 Å². The number of carbonyl (C=O) groups is 1. The fraction of sp³-hybridized carbons (Fsp3) is 0.217. The van der Waals surface area contributed by atoms with Crippen LogP contribution < -0.4 is 4.74 Å². The van der Waals surface area contributed by atoms with Crippen LogP contribution in [-0.4, -0.2) is 47.8 Å². The van der Waals surface area contributed by atoms with Gasteiger partial charge in [0.15, 0.2) is 0 Å². The molecule has 166 valence electrons. The molecule has 9 heteroatoms. The van der Waals surface area contributed by atoms with Gasteiger partial charge in [-0.05, 0) is 29.8 Å². The number of carbonyl (C=O) groups excluding carboxylic acids is 1. The van der Waals surface area contributed by atoms with Crippen molar-refractivity contribution in [3.8, 4) is 5.75 Å². The molecule has 1 aromatic heterocycles. The van der Waals surface area contributed by atoms with Crippen molar-refractivity contribution < 1.29 is 23.8 Å². The second-order valence-corrected chi connectivity index (χ2v) is 6.55. The monoisotopic (exact) mass is 436 g/mol. The van der Waals surface area contributed by atoms with Crippen molar-refractivity contribution in [3.63, 3.8) is 0 Å². The Morgan fingerprint density at radius 1 is 1.09 bits per heavy atom. The van der Waals surface area contributed by atoms with Gasteiger partial charge in [0.1, 0.15) is 36.3 Å². The van der Waals surface area contributed by atoms with Crippen LogP contribution in [0.3, 0.4) is 0 Å². The molecule has 0 aliphatic carbocycles. The van der Waals surface area contributed by atoms with Crippen LogP contribution in [0.15, 0.2) is 72.6 Å². The Kier molecular flexibility index (Phi) is 7.96. The standard InChI is InChI=1S/C23H24N4O5/c1-29-14-21(23(28)31-3)20-7-5-4-6-18(20)13-32-26-22(12-27-16-24-15-25-27)17-8-10-19(30-2)11-9-17/h4-11,14-16H,12-13H2,1-3H3/b21-14-,26-22-. The third kappa shape index (κ3) is 5.72. The number of hydrogen-bond acceptors (Lipinski definition) is 8. The number of aromatic nitrogens is 3. The molecule has 3 aromatic rings. The molecule has 0 spiro atoms. The molecule has 3 rings (SSSR count). The van der Waals surface area contributed by atoms with Crippen LogP contribution in [0, 0.1) is 0 Å². The Labute approximate surface area is 185 Å². The fourth-order valence-corrected chi connectivity index (χ4v) is 2.96. The number of methoxy groups -OCH3 is 3. The molecule has 0 atom stereocenters. The van der Waals surface area contributed by atoms with Gasteiger partial charge in [0.25, 0.3) is 0 Å². The van der Waals surface area contributed by atoms with Gasteiger partial charge in [-0.1, -0.05) is 29.4 Å². The maximum atomic E-state index is 12.2. The predicted octanol–water partition coefficient (Wildman–Crippen LogP) is 3.07. The van der Waals surface area contributed by atoms with Gasteiger partial charge in [0.2, 0.25) is 0 Å². The molecule has 0 saturated carbocycles. The molecule has 0 aliphatic rings. The number of oxime groups is 1. The van der Waals surface area contributed by atoms with E-state index >= 15 is 0 Å². The Morgan fingerprint density at radius 3 is 2.53 bits per heavy atom. The summed E-state index contributed by atoms with van der Waals surface area (Å²) in [7, 11) is 4.40. The van der Waals surface area contributed by atoms with E-state index in [2.05, 4.69) is 15.2 Å². The normalized spacial score (nSPS) is 11.7. The largest absolute Gasteiger partial charge is 0.503 e. The maximum absolute atomic E-state index is 12.2. The Morgan fingerprint density at radius 2 is 1.88 bits per heavy atom. The van der Waals surface area contributed by atoms with Crippen LogP contribution in [0.5, 0.6) is 5.75 Å². The van der Waals surface area contributed by atoms with E-state index in [1.54, 1.807) is 24.2 Å². The van der Waals surface area contributed by atoms with Crippen molar-refractivity contribution in [1.29, 1.82) is 0 Å². The predicted molar refractivity (Wildman–Crippen MR) is 118 cm³/mol. The SMILES string of the molecule is CO/C=C(\C(=O)OC)c1ccccc1CO/N=C(/Cn1cncn1)c1ccc(OC)cc1. The molecule has 0 amide bonds. The molecular weight excluding hydrogens is 412 g/mol. The minimum Gasteiger partial charge on any atom is -0.503 e. The quantitative estimate of drug-likeness (QED) is 0.158. The number of rotatable bonds is 10. The van der Waals surface area contributed by atoms with Crippen LogP contribution >= 0.6 is 0 Å². The topological polar surface area (TPSA) is 97.1 Å². The van der Waals surface area contributed by atoms with E-state index in [0.29, 0.717) is 17.8 Å². The summed E-state index contributed by atoms with van der Waals surface area (Å²) >= 11 is 0. The molecule has 0 saturated heterocycles. The summed E-state index contributed by atoms with van der Waals surface area (Å²) in [6.07, 6.45) is 4.41. The molecule has 2 aromatic carbocycles. The Hall–Kier alpha value is -4.14. The van der Waals surface area contributed by atoms with Gasteiger partial charge in [0, 0.05) is 11.1 Å². The molecule has 0 radical (unpaired) electrons. The third-order valence-corrected chi connectivity index (χ3v) is 4.54. The minimum absolute atomic E-state index is 0.130. The maximum Gasteiger partial charge on any atom is 0.341 e. The van der Waals surface area contributed by atoms with E-state index in [4.69, 9.17) is 19.0 Å². The molecule has 9 nitrogen and oxygen atoms in total. The zero-order valence-corrected chi connectivity index (χ0v) is 18.1. The lowest BCUT2D eigenvalue weighted by atomic mass is 10.0. The lowest BCUT2D eigenvalue weighted by Gasteiger charge is -2.12. The molecule has 1 heterocycles. The first-order valence-corrected chi connectivity index (χ1v) is 9.71. The van der Waals surface area contributed by atoms with Crippen LogP contribution in [0.25, 0.3) is 5.57 Å². The van der Waals surface area contributed by atoms with Crippen LogP contribution in [0.4, 0.5) is 0 Å². The minimum atomic E-state index is -0.507. The van der Waals surface area contributed by atoms with E-state index in [-0.39, 0.29) is 12.2 Å². The average Bonchev–Trinajstić information content (AvgIpc) is 3.35. The zero-order chi connectivity index (χ0) is 22.8. The van der Waals surface area contributed by atoms with Gasteiger partial charge in [-0.2, -0.15) is 5.10 Å². The van der Waals surface area contributed by atoms with Crippen molar-refractivity contribution in [2.45, 2.75) is 13.2 Å². The second-order valence-electron chi connectivity index (χ2n) is 6.55. The molecule has 32 heavy (non-hydrogen) atoms. The van der Waals surface area contributed by atoms with E-state index < -0.39 is 5.97 Å². The van der Waals surface area contributed by atoms with E-state index in [9.17, 15) is 4.79 Å². The van der Waals surface area contributed by atoms with Gasteiger partial charge in [0.05, 0.1) is 34.1 Å². The summed E-state index contributed by atoms with van der Waals surface area (Å²) in [5.41, 5.74) is 3.18. The number of esters is 1. The van der Waals surface area contributed by atoms with E-state index in [1.165, 1.54) is 26.8 Å². The molecule has 0 fully saturated rings. The molecule has 0 N–H and O–H groups in total. The molecule has 0 aliphatic heterocycles. The lowest BCUT2D eigenvalue weighted by Crippen LogP contribution is -2.13. The third-order valence-electron chi connectivity index (χ3n) is 4.54. The Bertz CT molecular complexity index is 1080. The van der Waals surface area contributed by atoms with Crippen LogP contribution in [0.2, 0.25) is 0 Å². The van der Waals surface area contributed by atoms with Gasteiger partial charge in [-0.3, -0.25) is 0 Å². The number of ether oxygens (including phenoxy) is 3. The highest BCUT2D eigenvalue weighted by Gasteiger charge is 2.17. The van der Waals surface area contributed by atoms with E-state index in [1.807, 2.05) is 42.5 Å². The van der Waals surface area contributed by atoms with Gasteiger partial charge in [-0.25, -0.2) is 14.5 Å². The summed E-state index contributed by atoms with van der Waals surface area (Å²) in [6.45, 7) is 0.496. The highest BCUT2D eigenvalue weighted by Crippen LogP contribution is 2.22. The summed E-state index contributed by atoms with van der Waals surface area (Å²) in [5.74, 6) is 0.233. The van der Waals surface area contributed by atoms with Gasteiger partial charge >= 0.3 is 5.97 Å². The van der Waals surface area contributed by atoms with Crippen LogP contribution in [-0.2, 0) is 32.3 Å². The van der Waals surface area contributed by atoms with Crippen LogP contribution in [0.1, 0.15) is 16.7 Å². The van der Waals surface area contributed by atoms with Crippen molar-refractivity contribution in [2.75, 3.05) is 21.3 Å². The summed E-state index contributed by atoms with van der Waals surface area (Å²) in [6, 6.07) is 14.8. The zero-order valence-electron chi connectivity index (χ0n) is 18.1. The first-order chi connectivity index (χ1) is 15.7. The fourth-order valence-electron chi connectivity index (χ4n) is 2.96. The summed E-state index contributed by atoms with van der Waals surface area (Å²) in [4.78, 5) is 21.9. The highest BCUT2D eigenvalue weighted by molar-refractivity contribution is 6.16. The smallest absolute Gasteiger partial charge is 0.341 e. The average molecular weight is 436 g/mol. The number of hydrogen-bond donors (Lipinski definition) is 0. The Balaban J connectivity index is 1.85. The summed E-state index contributed by atoms with van der Waals surface area (Å²) < 4.78 is 16.8. The molecular formula is C23H24N4O5. The number of nitrogens with zero attached hydrogens (tertiary/aromatic N) is 4. The van der Waals surface area contributed by atoms with Crippen molar-refractivity contribution in [2.24, 2.45) is 5.16 Å². The number of benzene rings is 2.